The first-order valence-electron chi connectivity index (χ1n) is 11.2. The molecule has 164 valence electrons. The van der Waals surface area contributed by atoms with E-state index in [1.807, 2.05) is 107 Å². The van der Waals surface area contributed by atoms with Crippen LogP contribution < -0.4 is 10.2 Å². The number of nitrogens with zero attached hydrogens (tertiary/aromatic N) is 3. The van der Waals surface area contributed by atoms with Crippen LogP contribution in [-0.2, 0) is 17.0 Å². The molecule has 0 fully saturated rings. The second kappa shape index (κ2) is 6.95. The fourth-order valence-corrected chi connectivity index (χ4v) is 5.47. The van der Waals surface area contributed by atoms with Crippen molar-refractivity contribution in [3.8, 4) is 11.4 Å². The van der Waals surface area contributed by atoms with Gasteiger partial charge in [-0.15, -0.1) is 0 Å². The average Bonchev–Trinajstić information content (AvgIpc) is 3.36. The molecule has 1 aromatic heterocycles. The van der Waals surface area contributed by atoms with Gasteiger partial charge in [0.25, 0.3) is 5.91 Å². The Balaban J connectivity index is 1.55. The molecule has 5 nitrogen and oxygen atoms in total. The second-order valence-corrected chi connectivity index (χ2v) is 9.12. The van der Waals surface area contributed by atoms with E-state index in [9.17, 15) is 4.79 Å². The number of rotatable bonds is 2. The Labute approximate surface area is 201 Å². The van der Waals surface area contributed by atoms with Gasteiger partial charge in [0.1, 0.15) is 5.82 Å². The van der Waals surface area contributed by atoms with Gasteiger partial charge < -0.3 is 10.2 Å². The molecular weight excluding hydrogens is 444 g/mol. The van der Waals surface area contributed by atoms with Crippen molar-refractivity contribution < 1.29 is 4.79 Å². The summed E-state index contributed by atoms with van der Waals surface area (Å²) >= 11 is 6.52. The van der Waals surface area contributed by atoms with Crippen LogP contribution in [0.2, 0.25) is 5.02 Å². The quantitative estimate of drug-likeness (QED) is 0.348. The third-order valence-electron chi connectivity index (χ3n) is 6.76. The summed E-state index contributed by atoms with van der Waals surface area (Å²) in [6.07, 6.45) is 0. The summed E-state index contributed by atoms with van der Waals surface area (Å²) < 4.78 is 2.05. The lowest BCUT2D eigenvalue weighted by Gasteiger charge is -2.38. The van der Waals surface area contributed by atoms with Gasteiger partial charge in [0.15, 0.2) is 0 Å². The molecule has 1 amide bonds. The molecule has 2 aliphatic rings. The number of imidazole rings is 1. The normalized spacial score (nSPS) is 18.0. The van der Waals surface area contributed by atoms with Crippen LogP contribution >= 0.6 is 11.6 Å². The number of amides is 1. The van der Waals surface area contributed by atoms with Gasteiger partial charge in [-0.25, -0.2) is 4.98 Å². The number of anilines is 2. The monoisotopic (exact) mass is 462 g/mol. The zero-order valence-corrected chi connectivity index (χ0v) is 18.8. The zero-order valence-electron chi connectivity index (χ0n) is 18.1. The van der Waals surface area contributed by atoms with E-state index in [1.54, 1.807) is 0 Å². The van der Waals surface area contributed by atoms with Crippen LogP contribution in [0.25, 0.3) is 22.4 Å². The van der Waals surface area contributed by atoms with Gasteiger partial charge >= 0.3 is 0 Å². The van der Waals surface area contributed by atoms with E-state index in [0.717, 1.165) is 44.9 Å². The van der Waals surface area contributed by atoms with Crippen LogP contribution in [0.1, 0.15) is 11.1 Å². The van der Waals surface area contributed by atoms with Gasteiger partial charge in [-0.3, -0.25) is 9.36 Å². The number of aromatic nitrogens is 2. The molecule has 0 saturated carbocycles. The van der Waals surface area contributed by atoms with Gasteiger partial charge in [0, 0.05) is 21.8 Å². The maximum Gasteiger partial charge on any atom is 0.279 e. The molecule has 2 aliphatic heterocycles. The van der Waals surface area contributed by atoms with Crippen molar-refractivity contribution in [1.82, 2.24) is 9.55 Å². The lowest BCUT2D eigenvalue weighted by molar-refractivity contribution is -0.123. The van der Waals surface area contributed by atoms with E-state index in [-0.39, 0.29) is 5.91 Å². The molecule has 3 heterocycles. The van der Waals surface area contributed by atoms with E-state index < -0.39 is 5.66 Å². The summed E-state index contributed by atoms with van der Waals surface area (Å²) in [4.78, 5) is 21.4. The van der Waals surface area contributed by atoms with E-state index in [4.69, 9.17) is 16.6 Å². The van der Waals surface area contributed by atoms with E-state index in [0.29, 0.717) is 11.6 Å². The Bertz CT molecular complexity index is 1610. The van der Waals surface area contributed by atoms with Crippen molar-refractivity contribution in [2.75, 3.05) is 10.2 Å². The Morgan fingerprint density at radius 3 is 2.53 bits per heavy atom. The summed E-state index contributed by atoms with van der Waals surface area (Å²) in [5.41, 5.74) is 5.07. The van der Waals surface area contributed by atoms with Gasteiger partial charge in [-0.2, -0.15) is 0 Å². The second-order valence-electron chi connectivity index (χ2n) is 8.68. The molecular formula is C28H19ClN4O. The molecule has 1 N–H and O–H groups in total. The average molecular weight is 463 g/mol. The Hall–Kier alpha value is -4.09. The summed E-state index contributed by atoms with van der Waals surface area (Å²) in [7, 11) is 0. The molecule has 1 spiro atoms. The van der Waals surface area contributed by atoms with E-state index in [2.05, 4.69) is 5.32 Å². The number of fused-ring (bicyclic) bond motifs is 8. The highest BCUT2D eigenvalue weighted by Crippen LogP contribution is 2.51. The Morgan fingerprint density at radius 1 is 0.882 bits per heavy atom. The standard InChI is InChI=1S/C28H19ClN4O/c29-19-14-15-24-21(16-19)28(27(34)32(24)17-18-8-2-1-3-9-18)31-22-11-5-4-10-20(22)26-30-23-12-6-7-13-25(23)33(26)28/h1-16,31H,17H2. The summed E-state index contributed by atoms with van der Waals surface area (Å²) in [6.45, 7) is 0.460. The van der Waals surface area contributed by atoms with Crippen LogP contribution in [0.15, 0.2) is 97.1 Å². The lowest BCUT2D eigenvalue weighted by atomic mass is 9.95. The van der Waals surface area contributed by atoms with Crippen LogP contribution in [0, 0.1) is 0 Å². The first-order chi connectivity index (χ1) is 16.7. The number of benzene rings is 4. The molecule has 0 radical (unpaired) electrons. The zero-order chi connectivity index (χ0) is 22.9. The molecule has 34 heavy (non-hydrogen) atoms. The predicted octanol–water partition coefficient (Wildman–Crippen LogP) is 6.03. The van der Waals surface area contributed by atoms with Crippen LogP contribution in [0.5, 0.6) is 0 Å². The number of hydrogen-bond donors (Lipinski definition) is 1. The third kappa shape index (κ3) is 2.50. The van der Waals surface area contributed by atoms with Crippen molar-refractivity contribution in [2.24, 2.45) is 0 Å². The predicted molar refractivity (Wildman–Crippen MR) is 135 cm³/mol. The SMILES string of the molecule is O=C1N(Cc2ccccc2)c2ccc(Cl)cc2C12Nc1ccccc1-c1nc3ccccc3n12. The van der Waals surface area contributed by atoms with Crippen molar-refractivity contribution in [1.29, 1.82) is 0 Å². The largest absolute Gasteiger partial charge is 0.350 e. The van der Waals surface area contributed by atoms with Crippen LogP contribution in [-0.4, -0.2) is 15.5 Å². The maximum atomic E-state index is 14.5. The molecule has 1 unspecified atom stereocenters. The maximum absolute atomic E-state index is 14.5. The molecule has 0 saturated heterocycles. The Morgan fingerprint density at radius 2 is 1.65 bits per heavy atom. The molecule has 4 aromatic carbocycles. The highest BCUT2D eigenvalue weighted by molar-refractivity contribution is 6.31. The smallest absolute Gasteiger partial charge is 0.279 e. The highest BCUT2D eigenvalue weighted by atomic mass is 35.5. The van der Waals surface area contributed by atoms with Gasteiger partial charge in [-0.1, -0.05) is 66.2 Å². The van der Waals surface area contributed by atoms with Crippen molar-refractivity contribution >= 4 is 39.9 Å². The first kappa shape index (κ1) is 19.4. The van der Waals surface area contributed by atoms with Crippen molar-refractivity contribution in [3.63, 3.8) is 0 Å². The number of carbonyl (C=O) groups is 1. The molecule has 5 aromatic rings. The summed E-state index contributed by atoms with van der Waals surface area (Å²) in [5.74, 6) is 0.698. The fourth-order valence-electron chi connectivity index (χ4n) is 5.30. The van der Waals surface area contributed by atoms with Crippen LogP contribution in [0.3, 0.4) is 0 Å². The fraction of sp³-hybridized carbons (Fsp3) is 0.0714. The molecule has 0 bridgehead atoms. The van der Waals surface area contributed by atoms with Gasteiger partial charge in [0.05, 0.1) is 23.3 Å². The topological polar surface area (TPSA) is 50.2 Å². The molecule has 7 rings (SSSR count). The number of para-hydroxylation sites is 3. The van der Waals surface area contributed by atoms with E-state index in [1.165, 1.54) is 0 Å². The number of nitrogens with one attached hydrogen (secondary N) is 1. The van der Waals surface area contributed by atoms with Crippen molar-refractivity contribution in [3.05, 3.63) is 113 Å². The summed E-state index contributed by atoms with van der Waals surface area (Å²) in [6, 6.07) is 31.7. The van der Waals surface area contributed by atoms with Crippen LogP contribution in [0.4, 0.5) is 11.4 Å². The molecule has 6 heteroatoms. The Kier molecular flexibility index (Phi) is 3.96. The minimum Gasteiger partial charge on any atom is -0.350 e. The minimum absolute atomic E-state index is 0.0625. The molecule has 0 aliphatic carbocycles. The van der Waals surface area contributed by atoms with Crippen molar-refractivity contribution in [2.45, 2.75) is 12.2 Å². The number of carbonyl (C=O) groups excluding carboxylic acids is 1. The van der Waals surface area contributed by atoms with Gasteiger partial charge in [-0.05, 0) is 48.0 Å². The first-order valence-corrected chi connectivity index (χ1v) is 11.6. The lowest BCUT2D eigenvalue weighted by Crippen LogP contribution is -2.53. The highest BCUT2D eigenvalue weighted by Gasteiger charge is 2.56. The number of hydrogen-bond acceptors (Lipinski definition) is 3. The third-order valence-corrected chi connectivity index (χ3v) is 6.99. The molecule has 1 atom stereocenters. The van der Waals surface area contributed by atoms with E-state index >= 15 is 0 Å². The minimum atomic E-state index is -1.20. The number of halogens is 1. The van der Waals surface area contributed by atoms with Gasteiger partial charge in [0.2, 0.25) is 5.66 Å². The summed E-state index contributed by atoms with van der Waals surface area (Å²) in [5, 5.41) is 4.21.